The average molecular weight is 601 g/mol. The number of alkyl halides is 7. The second kappa shape index (κ2) is 9.94. The van der Waals surface area contributed by atoms with Crippen LogP contribution >= 0.6 is 0 Å². The molecule has 0 bridgehead atoms. The van der Waals surface area contributed by atoms with Gasteiger partial charge < -0.3 is 15.4 Å². The van der Waals surface area contributed by atoms with E-state index >= 15 is 0 Å². The highest BCUT2D eigenvalue weighted by Crippen LogP contribution is 2.54. The van der Waals surface area contributed by atoms with Gasteiger partial charge in [-0.1, -0.05) is 24.3 Å². The van der Waals surface area contributed by atoms with Crippen molar-refractivity contribution in [1.82, 2.24) is 4.90 Å². The minimum atomic E-state index is -6.36. The monoisotopic (exact) mass is 600 g/mol. The van der Waals surface area contributed by atoms with E-state index in [-0.39, 0.29) is 56.7 Å². The number of carbonyl (C=O) groups excluding carboxylic acids is 1. The Morgan fingerprint density at radius 3 is 1.88 bits per heavy atom. The fraction of sp³-hybridized carbons (Fsp3) is 0.480. The van der Waals surface area contributed by atoms with Crippen LogP contribution in [0.4, 0.5) is 35.1 Å². The molecular weight excluding hydrogens is 576 g/mol. The first-order chi connectivity index (χ1) is 18.4. The van der Waals surface area contributed by atoms with E-state index in [4.69, 9.17) is 10.5 Å². The lowest BCUT2D eigenvalue weighted by atomic mass is 9.89. The van der Waals surface area contributed by atoms with Gasteiger partial charge in [-0.15, -0.1) is 0 Å². The Labute approximate surface area is 224 Å². The summed E-state index contributed by atoms with van der Waals surface area (Å²) in [5.41, 5.74) is -2.87. The van der Waals surface area contributed by atoms with Gasteiger partial charge >= 0.3 is 18.0 Å². The van der Waals surface area contributed by atoms with Gasteiger partial charge in [0, 0.05) is 31.9 Å². The van der Waals surface area contributed by atoms with Gasteiger partial charge in [0.2, 0.25) is 5.91 Å². The van der Waals surface area contributed by atoms with Crippen molar-refractivity contribution in [2.45, 2.75) is 52.5 Å². The number of likely N-dealkylation sites (tertiary alicyclic amines) is 1. The second-order valence-electron chi connectivity index (χ2n) is 9.93. The molecule has 220 valence electrons. The summed E-state index contributed by atoms with van der Waals surface area (Å²) in [5.74, 6) is -1.36. The number of hydrogen-bond acceptors (Lipinski definition) is 5. The van der Waals surface area contributed by atoms with Crippen molar-refractivity contribution >= 4 is 15.7 Å². The van der Waals surface area contributed by atoms with Crippen LogP contribution in [0.25, 0.3) is 0 Å². The van der Waals surface area contributed by atoms with E-state index in [9.17, 15) is 48.3 Å². The van der Waals surface area contributed by atoms with Crippen LogP contribution in [0, 0.1) is 5.82 Å². The molecule has 4 rings (SSSR count). The van der Waals surface area contributed by atoms with Crippen molar-refractivity contribution in [3.8, 4) is 0 Å². The number of hydrogen-bond donors (Lipinski definition) is 1. The van der Waals surface area contributed by atoms with Gasteiger partial charge in [-0.2, -0.15) is 26.3 Å². The standard InChI is InChI=1S/C25H24F8N2O4S/c26-18-5-7-19(8-6-18)40(37,38)22(9-12-35(15-22)20(36)21(34)10-13-39-14-11-21)16-1-3-17(4-2-16)23(27,24(28,29)30)25(31,32)33/h1-8H,9-15,34H2. The molecule has 2 N–H and O–H groups in total. The molecule has 0 saturated carbocycles. The van der Waals surface area contributed by atoms with Crippen LogP contribution < -0.4 is 5.73 Å². The highest BCUT2D eigenvalue weighted by atomic mass is 32.2. The van der Waals surface area contributed by atoms with Gasteiger partial charge in [-0.3, -0.25) is 4.79 Å². The molecule has 2 aliphatic rings. The maximum absolute atomic E-state index is 14.6. The van der Waals surface area contributed by atoms with Crippen molar-refractivity contribution in [1.29, 1.82) is 0 Å². The highest BCUT2D eigenvalue weighted by molar-refractivity contribution is 7.92. The molecular formula is C25H24F8N2O4S. The third kappa shape index (κ3) is 4.75. The van der Waals surface area contributed by atoms with Gasteiger partial charge in [-0.05, 0) is 49.1 Å². The maximum Gasteiger partial charge on any atom is 0.435 e. The SMILES string of the molecule is NC1(C(=O)N2CCC(c3ccc(C(F)(C(F)(F)F)C(F)(F)F)cc3)(S(=O)(=O)c3ccc(F)cc3)C2)CCOCC1. The molecule has 0 aliphatic carbocycles. The molecule has 2 heterocycles. The predicted octanol–water partition coefficient (Wildman–Crippen LogP) is 4.52. The number of halogens is 8. The molecule has 2 aliphatic heterocycles. The predicted molar refractivity (Wildman–Crippen MR) is 125 cm³/mol. The van der Waals surface area contributed by atoms with Crippen LogP contribution in [0.5, 0.6) is 0 Å². The largest absolute Gasteiger partial charge is 0.435 e. The summed E-state index contributed by atoms with van der Waals surface area (Å²) >= 11 is 0. The van der Waals surface area contributed by atoms with Crippen LogP contribution in [0.3, 0.4) is 0 Å². The van der Waals surface area contributed by atoms with E-state index in [1.165, 1.54) is 4.90 Å². The third-order valence-corrected chi connectivity index (χ3v) is 10.0. The first kappa shape index (κ1) is 30.2. The Balaban J connectivity index is 1.81. The second-order valence-corrected chi connectivity index (χ2v) is 12.2. The normalized spacial score (nSPS) is 22.4. The highest BCUT2D eigenvalue weighted by Gasteiger charge is 2.73. The van der Waals surface area contributed by atoms with Crippen molar-refractivity contribution in [3.05, 3.63) is 65.5 Å². The lowest BCUT2D eigenvalue weighted by Crippen LogP contribution is -2.58. The summed E-state index contributed by atoms with van der Waals surface area (Å²) in [4.78, 5) is 14.1. The average Bonchev–Trinajstić information content (AvgIpc) is 3.34. The van der Waals surface area contributed by atoms with Crippen LogP contribution in [-0.2, 0) is 29.8 Å². The number of carbonyl (C=O) groups is 1. The third-order valence-electron chi connectivity index (χ3n) is 7.56. The van der Waals surface area contributed by atoms with E-state index in [0.717, 1.165) is 24.3 Å². The van der Waals surface area contributed by atoms with Crippen molar-refractivity contribution < 1.29 is 53.1 Å². The molecule has 2 fully saturated rings. The van der Waals surface area contributed by atoms with Gasteiger partial charge in [0.15, 0.2) is 9.84 Å². The molecule has 2 saturated heterocycles. The number of rotatable bonds is 5. The quantitative estimate of drug-likeness (QED) is 0.403. The van der Waals surface area contributed by atoms with Crippen LogP contribution in [0.15, 0.2) is 53.4 Å². The van der Waals surface area contributed by atoms with E-state index in [0.29, 0.717) is 12.1 Å². The molecule has 1 unspecified atom stereocenters. The molecule has 15 heteroatoms. The first-order valence-electron chi connectivity index (χ1n) is 12.0. The summed E-state index contributed by atoms with van der Waals surface area (Å²) < 4.78 is 139. The Bertz CT molecular complexity index is 1340. The van der Waals surface area contributed by atoms with E-state index in [2.05, 4.69) is 0 Å². The summed E-state index contributed by atoms with van der Waals surface area (Å²) in [6.45, 7) is -0.358. The smallest absolute Gasteiger partial charge is 0.381 e. The molecule has 1 amide bonds. The minimum Gasteiger partial charge on any atom is -0.381 e. The fourth-order valence-corrected chi connectivity index (χ4v) is 7.24. The number of sulfone groups is 1. The molecule has 0 spiro atoms. The summed E-state index contributed by atoms with van der Waals surface area (Å²) in [6, 6.07) is 5.43. The molecule has 0 aromatic heterocycles. The minimum absolute atomic E-state index is 0.141. The number of ether oxygens (including phenoxy) is 1. The molecule has 2 aromatic rings. The molecule has 6 nitrogen and oxygen atoms in total. The van der Waals surface area contributed by atoms with E-state index < -0.39 is 66.9 Å². The summed E-state index contributed by atoms with van der Waals surface area (Å²) in [7, 11) is -4.56. The first-order valence-corrected chi connectivity index (χ1v) is 13.5. The number of nitrogens with two attached hydrogens (primary N) is 1. The Morgan fingerprint density at radius 1 is 0.850 bits per heavy atom. The zero-order valence-corrected chi connectivity index (χ0v) is 21.5. The van der Waals surface area contributed by atoms with E-state index in [1.54, 1.807) is 0 Å². The van der Waals surface area contributed by atoms with Crippen molar-refractivity contribution in [2.24, 2.45) is 5.73 Å². The number of benzene rings is 2. The van der Waals surface area contributed by atoms with Crippen LogP contribution in [0.1, 0.15) is 30.4 Å². The molecule has 1 atom stereocenters. The van der Waals surface area contributed by atoms with Crippen molar-refractivity contribution in [2.75, 3.05) is 26.3 Å². The summed E-state index contributed by atoms with van der Waals surface area (Å²) in [6.07, 6.45) is -12.8. The zero-order chi connectivity index (χ0) is 29.8. The topological polar surface area (TPSA) is 89.7 Å². The van der Waals surface area contributed by atoms with Crippen LogP contribution in [0.2, 0.25) is 0 Å². The van der Waals surface area contributed by atoms with E-state index in [1.807, 2.05) is 0 Å². The van der Waals surface area contributed by atoms with Gasteiger partial charge in [0.05, 0.1) is 10.4 Å². The number of amides is 1. The molecule has 40 heavy (non-hydrogen) atoms. The Morgan fingerprint density at radius 2 is 1.38 bits per heavy atom. The summed E-state index contributed by atoms with van der Waals surface area (Å²) in [5, 5.41) is 0. The lowest BCUT2D eigenvalue weighted by Gasteiger charge is -2.36. The Kier molecular flexibility index (Phi) is 7.50. The number of nitrogens with zero attached hydrogens (tertiary/aromatic N) is 1. The lowest BCUT2D eigenvalue weighted by molar-refractivity contribution is -0.348. The zero-order valence-electron chi connectivity index (χ0n) is 20.7. The Hall–Kier alpha value is -2.78. The molecule has 0 radical (unpaired) electrons. The fourth-order valence-electron chi connectivity index (χ4n) is 5.16. The van der Waals surface area contributed by atoms with Crippen molar-refractivity contribution in [3.63, 3.8) is 0 Å². The maximum atomic E-state index is 14.6. The molecule has 2 aromatic carbocycles. The van der Waals surface area contributed by atoms with Gasteiger partial charge in [-0.25, -0.2) is 17.2 Å². The van der Waals surface area contributed by atoms with Gasteiger partial charge in [0.25, 0.3) is 0 Å². The van der Waals surface area contributed by atoms with Gasteiger partial charge in [0.1, 0.15) is 10.6 Å². The van der Waals surface area contributed by atoms with Crippen LogP contribution in [-0.4, -0.2) is 63.4 Å².